The lowest BCUT2D eigenvalue weighted by Crippen LogP contribution is -2.27. The molecule has 6 heteroatoms. The Morgan fingerprint density at radius 2 is 1.82 bits per heavy atom. The van der Waals surface area contributed by atoms with E-state index in [1.54, 1.807) is 30.3 Å². The summed E-state index contributed by atoms with van der Waals surface area (Å²) < 4.78 is 5.12. The van der Waals surface area contributed by atoms with Crippen LogP contribution in [0.15, 0.2) is 45.8 Å². The van der Waals surface area contributed by atoms with Crippen molar-refractivity contribution in [2.24, 2.45) is 4.99 Å². The summed E-state index contributed by atoms with van der Waals surface area (Å²) in [5, 5.41) is 18.4. The molecule has 2 N–H and O–H groups in total. The smallest absolute Gasteiger partial charge is 0.464 e. The van der Waals surface area contributed by atoms with E-state index in [0.29, 0.717) is 10.8 Å². The summed E-state index contributed by atoms with van der Waals surface area (Å²) in [6, 6.07) is 10.1. The molecule has 0 unspecified atom stereocenters. The number of benzene rings is 1. The highest BCUT2D eigenvalue weighted by Crippen LogP contribution is 2.16. The lowest BCUT2D eigenvalue weighted by Gasteiger charge is -1.93. The summed E-state index contributed by atoms with van der Waals surface area (Å²) in [6.45, 7) is 0. The van der Waals surface area contributed by atoms with Crippen molar-refractivity contribution in [2.45, 2.75) is 0 Å². The summed E-state index contributed by atoms with van der Waals surface area (Å²) in [7, 11) is -1.60. The molecule has 0 radical (unpaired) electrons. The molecule has 0 bridgehead atoms. The predicted octanol–water partition coefficient (Wildman–Crippen LogP) is 1.36. The number of aliphatic imine (C=N–C) groups is 1. The first-order chi connectivity index (χ1) is 8.15. The fraction of sp³-hybridized carbons (Fsp3) is 0. The SMILES string of the molecule is OB(O)c1ccc(C=Nc2ccc(Cl)cc2)o1. The van der Waals surface area contributed by atoms with Gasteiger partial charge in [0.05, 0.1) is 11.9 Å². The van der Waals surface area contributed by atoms with Crippen molar-refractivity contribution in [3.05, 3.63) is 47.2 Å². The molecule has 2 aromatic rings. The van der Waals surface area contributed by atoms with Crippen LogP contribution in [0.1, 0.15) is 5.76 Å². The minimum atomic E-state index is -1.60. The third-order valence-electron chi connectivity index (χ3n) is 2.07. The summed E-state index contributed by atoms with van der Waals surface area (Å²) in [6.07, 6.45) is 1.50. The van der Waals surface area contributed by atoms with Crippen LogP contribution in [-0.2, 0) is 0 Å². The maximum Gasteiger partial charge on any atom is 0.526 e. The van der Waals surface area contributed by atoms with Crippen molar-refractivity contribution in [2.75, 3.05) is 0 Å². The normalized spacial score (nSPS) is 11.0. The van der Waals surface area contributed by atoms with Crippen molar-refractivity contribution in [3.8, 4) is 0 Å². The van der Waals surface area contributed by atoms with Crippen LogP contribution in [0, 0.1) is 0 Å². The van der Waals surface area contributed by atoms with Crippen LogP contribution < -0.4 is 5.66 Å². The van der Waals surface area contributed by atoms with Crippen molar-refractivity contribution < 1.29 is 14.5 Å². The molecule has 0 saturated heterocycles. The largest absolute Gasteiger partial charge is 0.526 e. The van der Waals surface area contributed by atoms with Gasteiger partial charge in [0.15, 0.2) is 0 Å². The van der Waals surface area contributed by atoms with Crippen molar-refractivity contribution in [1.29, 1.82) is 0 Å². The number of hydrogen-bond donors (Lipinski definition) is 2. The summed E-state index contributed by atoms with van der Waals surface area (Å²) >= 11 is 5.74. The molecular formula is C11H9BClNO3. The van der Waals surface area contributed by atoms with Crippen LogP contribution in [0.2, 0.25) is 5.02 Å². The number of furan rings is 1. The van der Waals surface area contributed by atoms with Crippen LogP contribution in [0.25, 0.3) is 0 Å². The van der Waals surface area contributed by atoms with Gasteiger partial charge in [-0.3, -0.25) is 4.99 Å². The molecule has 2 rings (SSSR count). The first-order valence-corrected chi connectivity index (χ1v) is 5.28. The molecule has 0 aliphatic carbocycles. The Hall–Kier alpha value is -1.56. The van der Waals surface area contributed by atoms with Gasteiger partial charge in [0.1, 0.15) is 11.4 Å². The van der Waals surface area contributed by atoms with Gasteiger partial charge in [0.2, 0.25) is 0 Å². The lowest BCUT2D eigenvalue weighted by molar-refractivity contribution is 0.409. The summed E-state index contributed by atoms with van der Waals surface area (Å²) in [4.78, 5) is 4.15. The zero-order chi connectivity index (χ0) is 12.3. The van der Waals surface area contributed by atoms with E-state index in [4.69, 9.17) is 26.1 Å². The fourth-order valence-electron chi connectivity index (χ4n) is 1.24. The fourth-order valence-corrected chi connectivity index (χ4v) is 1.37. The van der Waals surface area contributed by atoms with Gasteiger partial charge >= 0.3 is 7.12 Å². The Morgan fingerprint density at radius 3 is 2.41 bits per heavy atom. The van der Waals surface area contributed by atoms with E-state index in [1.165, 1.54) is 12.3 Å². The molecular weight excluding hydrogens is 240 g/mol. The van der Waals surface area contributed by atoms with Crippen LogP contribution in [0.4, 0.5) is 5.69 Å². The number of rotatable bonds is 3. The van der Waals surface area contributed by atoms with E-state index in [-0.39, 0.29) is 5.66 Å². The molecule has 0 spiro atoms. The Kier molecular flexibility index (Phi) is 3.63. The number of hydrogen-bond acceptors (Lipinski definition) is 4. The van der Waals surface area contributed by atoms with Gasteiger partial charge in [-0.2, -0.15) is 0 Å². The Bertz CT molecular complexity index is 522. The highest BCUT2D eigenvalue weighted by molar-refractivity contribution is 6.57. The van der Waals surface area contributed by atoms with Crippen LogP contribution >= 0.6 is 11.6 Å². The molecule has 0 atom stereocenters. The maximum absolute atomic E-state index is 8.86. The topological polar surface area (TPSA) is 66.0 Å². The van der Waals surface area contributed by atoms with Crippen LogP contribution in [0.5, 0.6) is 0 Å². The molecule has 0 aliphatic heterocycles. The molecule has 4 nitrogen and oxygen atoms in total. The average Bonchev–Trinajstić information content (AvgIpc) is 2.77. The Labute approximate surface area is 103 Å². The van der Waals surface area contributed by atoms with Gasteiger partial charge in [0.25, 0.3) is 0 Å². The highest BCUT2D eigenvalue weighted by Gasteiger charge is 2.15. The second kappa shape index (κ2) is 5.18. The van der Waals surface area contributed by atoms with Gasteiger partial charge in [0, 0.05) is 5.02 Å². The second-order valence-electron chi connectivity index (χ2n) is 3.35. The minimum Gasteiger partial charge on any atom is -0.464 e. The summed E-state index contributed by atoms with van der Waals surface area (Å²) in [5.74, 6) is 0.447. The molecule has 1 aromatic heterocycles. The maximum atomic E-state index is 8.86. The van der Waals surface area contributed by atoms with Gasteiger partial charge in [-0.15, -0.1) is 0 Å². The lowest BCUT2D eigenvalue weighted by atomic mass is 9.88. The molecule has 1 aromatic carbocycles. The van der Waals surface area contributed by atoms with E-state index in [2.05, 4.69) is 4.99 Å². The second-order valence-corrected chi connectivity index (χ2v) is 3.78. The summed E-state index contributed by atoms with van der Waals surface area (Å²) in [5.41, 5.74) is 0.819. The van der Waals surface area contributed by atoms with Crippen molar-refractivity contribution in [3.63, 3.8) is 0 Å². The zero-order valence-electron chi connectivity index (χ0n) is 8.75. The third-order valence-corrected chi connectivity index (χ3v) is 2.32. The van der Waals surface area contributed by atoms with E-state index in [9.17, 15) is 0 Å². The first-order valence-electron chi connectivity index (χ1n) is 4.90. The van der Waals surface area contributed by atoms with Gasteiger partial charge < -0.3 is 14.5 Å². The molecule has 0 amide bonds. The van der Waals surface area contributed by atoms with Crippen molar-refractivity contribution in [1.82, 2.24) is 0 Å². The highest BCUT2D eigenvalue weighted by atomic mass is 35.5. The molecule has 1 heterocycles. The number of halogens is 1. The first kappa shape index (κ1) is 11.9. The monoisotopic (exact) mass is 249 g/mol. The average molecular weight is 249 g/mol. The van der Waals surface area contributed by atoms with Crippen LogP contribution in [0.3, 0.4) is 0 Å². The number of nitrogens with zero attached hydrogens (tertiary/aromatic N) is 1. The Morgan fingerprint density at radius 1 is 1.12 bits per heavy atom. The van der Waals surface area contributed by atoms with Crippen molar-refractivity contribution >= 4 is 36.3 Å². The van der Waals surface area contributed by atoms with Crippen LogP contribution in [-0.4, -0.2) is 23.4 Å². The van der Waals surface area contributed by atoms with Gasteiger partial charge in [-0.25, -0.2) is 0 Å². The quantitative estimate of drug-likeness (QED) is 0.638. The van der Waals surface area contributed by atoms with Gasteiger partial charge in [-0.05, 0) is 36.4 Å². The van der Waals surface area contributed by atoms with E-state index < -0.39 is 7.12 Å². The molecule has 0 aliphatic rings. The zero-order valence-corrected chi connectivity index (χ0v) is 9.50. The van der Waals surface area contributed by atoms with E-state index in [0.717, 1.165) is 5.69 Å². The Balaban J connectivity index is 2.11. The van der Waals surface area contributed by atoms with Gasteiger partial charge in [-0.1, -0.05) is 11.6 Å². The minimum absolute atomic E-state index is 0.0857. The molecule has 86 valence electrons. The van der Waals surface area contributed by atoms with E-state index >= 15 is 0 Å². The molecule has 0 fully saturated rings. The van der Waals surface area contributed by atoms with E-state index in [1.807, 2.05) is 0 Å². The predicted molar refractivity (Wildman–Crippen MR) is 67.2 cm³/mol. The standard InChI is InChI=1S/C11H9BClNO3/c13-8-1-3-9(4-2-8)14-7-10-5-6-11(17-10)12(15)16/h1-7,15-16H. The molecule has 0 saturated carbocycles. The molecule has 17 heavy (non-hydrogen) atoms. The third kappa shape index (κ3) is 3.20.